The Labute approximate surface area is 161 Å². The Morgan fingerprint density at radius 2 is 1.86 bits per heavy atom. The highest BCUT2D eigenvalue weighted by molar-refractivity contribution is 5.99. The topological polar surface area (TPSA) is 74.5 Å². The van der Waals surface area contributed by atoms with Crippen LogP contribution in [0.4, 0.5) is 0 Å². The second kappa shape index (κ2) is 8.19. The maximum Gasteiger partial charge on any atom is 0.364 e. The molecule has 0 bridgehead atoms. The van der Waals surface area contributed by atoms with E-state index >= 15 is 0 Å². The van der Waals surface area contributed by atoms with Gasteiger partial charge in [-0.25, -0.2) is 9.78 Å². The molecule has 28 heavy (non-hydrogen) atoms. The summed E-state index contributed by atoms with van der Waals surface area (Å²) in [4.78, 5) is 21.1. The Kier molecular flexibility index (Phi) is 5.30. The first kappa shape index (κ1) is 18.1. The normalized spacial score (nSPS) is 11.2. The van der Waals surface area contributed by atoms with Crippen molar-refractivity contribution in [2.45, 2.75) is 19.4 Å². The number of hydrogen-bond donors (Lipinski definition) is 0. The molecule has 0 radical (unpaired) electrons. The Bertz CT molecular complexity index is 1150. The Morgan fingerprint density at radius 1 is 1.04 bits per heavy atom. The van der Waals surface area contributed by atoms with Crippen molar-refractivity contribution < 1.29 is 13.9 Å². The lowest BCUT2D eigenvalue weighted by Gasteiger charge is -2.06. The lowest BCUT2D eigenvalue weighted by atomic mass is 10.2. The third kappa shape index (κ3) is 3.87. The van der Waals surface area contributed by atoms with E-state index in [0.29, 0.717) is 30.7 Å². The average molecular weight is 376 g/mol. The predicted octanol–water partition coefficient (Wildman–Crippen LogP) is 3.89. The summed E-state index contributed by atoms with van der Waals surface area (Å²) in [6.07, 6.45) is 3.19. The van der Waals surface area contributed by atoms with Crippen LogP contribution < -0.4 is 10.4 Å². The van der Waals surface area contributed by atoms with Gasteiger partial charge in [0.15, 0.2) is 5.52 Å². The fourth-order valence-electron chi connectivity index (χ4n) is 3.05. The van der Waals surface area contributed by atoms with Crippen LogP contribution in [-0.2, 0) is 17.8 Å². The molecule has 2 heterocycles. The number of aromatic nitrogens is 2. The number of aryl methyl sites for hydroxylation is 1. The van der Waals surface area contributed by atoms with Gasteiger partial charge in [0, 0.05) is 18.2 Å². The molecule has 0 atom stereocenters. The maximum absolute atomic E-state index is 12.2. The number of hydrogen-bond acceptors (Lipinski definition) is 6. The molecule has 2 aromatic heterocycles. The van der Waals surface area contributed by atoms with Gasteiger partial charge in [-0.1, -0.05) is 24.3 Å². The number of nitrogens with zero attached hydrogens (tertiary/aromatic N) is 2. The van der Waals surface area contributed by atoms with Crippen LogP contribution >= 0.6 is 0 Å². The number of ether oxygens (including phenoxy) is 2. The fourth-order valence-corrected chi connectivity index (χ4v) is 3.05. The van der Waals surface area contributed by atoms with Crippen LogP contribution in [0, 0.1) is 0 Å². The minimum atomic E-state index is -0.459. The molecule has 0 aliphatic carbocycles. The van der Waals surface area contributed by atoms with Crippen LogP contribution in [-0.4, -0.2) is 23.7 Å². The third-order valence-corrected chi connectivity index (χ3v) is 4.51. The SMILES string of the molecule is COc1ccc(COCCCc2cnc3c(n2)c(=O)oc2ccccc23)cc1. The van der Waals surface area contributed by atoms with E-state index in [1.807, 2.05) is 42.5 Å². The molecule has 0 amide bonds. The molecule has 0 N–H and O–H groups in total. The first-order valence-electron chi connectivity index (χ1n) is 9.13. The van der Waals surface area contributed by atoms with Gasteiger partial charge >= 0.3 is 5.63 Å². The lowest BCUT2D eigenvalue weighted by molar-refractivity contribution is 0.118. The van der Waals surface area contributed by atoms with Crippen LogP contribution in [0.1, 0.15) is 17.7 Å². The zero-order chi connectivity index (χ0) is 19.3. The molecule has 4 aromatic rings. The highest BCUT2D eigenvalue weighted by Crippen LogP contribution is 2.19. The third-order valence-electron chi connectivity index (χ3n) is 4.51. The van der Waals surface area contributed by atoms with Gasteiger partial charge in [0.05, 0.1) is 19.4 Å². The van der Waals surface area contributed by atoms with Gasteiger partial charge in [-0.15, -0.1) is 0 Å². The molecule has 0 saturated carbocycles. The average Bonchev–Trinajstić information content (AvgIpc) is 2.74. The van der Waals surface area contributed by atoms with Crippen molar-refractivity contribution in [2.75, 3.05) is 13.7 Å². The minimum absolute atomic E-state index is 0.273. The molecule has 0 aliphatic rings. The maximum atomic E-state index is 12.2. The van der Waals surface area contributed by atoms with E-state index < -0.39 is 5.63 Å². The van der Waals surface area contributed by atoms with Crippen LogP contribution in [0.3, 0.4) is 0 Å². The molecule has 6 nitrogen and oxygen atoms in total. The minimum Gasteiger partial charge on any atom is -0.497 e. The standard InChI is InChI=1S/C22H20N2O4/c1-26-17-10-8-15(9-11-17)14-27-12-4-5-16-13-23-20-18-6-2-3-7-19(18)28-22(25)21(20)24-16/h2-3,6-11,13H,4-5,12,14H2,1H3. The lowest BCUT2D eigenvalue weighted by Crippen LogP contribution is -2.06. The van der Waals surface area contributed by atoms with Gasteiger partial charge in [-0.2, -0.15) is 0 Å². The largest absolute Gasteiger partial charge is 0.497 e. The fraction of sp³-hybridized carbons (Fsp3) is 0.227. The summed E-state index contributed by atoms with van der Waals surface area (Å²) in [7, 11) is 1.65. The van der Waals surface area contributed by atoms with Crippen molar-refractivity contribution >= 4 is 22.0 Å². The molecule has 0 saturated heterocycles. The van der Waals surface area contributed by atoms with Crippen LogP contribution in [0.5, 0.6) is 5.75 Å². The zero-order valence-corrected chi connectivity index (χ0v) is 15.6. The molecule has 6 heteroatoms. The number of methoxy groups -OCH3 is 1. The Balaban J connectivity index is 1.37. The highest BCUT2D eigenvalue weighted by Gasteiger charge is 2.10. The summed E-state index contributed by atoms with van der Waals surface area (Å²) in [6.45, 7) is 1.14. The van der Waals surface area contributed by atoms with E-state index in [0.717, 1.165) is 28.8 Å². The molecule has 0 aliphatic heterocycles. The molecule has 0 spiro atoms. The quantitative estimate of drug-likeness (QED) is 0.277. The summed E-state index contributed by atoms with van der Waals surface area (Å²) in [5, 5.41) is 0.791. The van der Waals surface area contributed by atoms with Gasteiger partial charge in [-0.3, -0.25) is 4.98 Å². The molecular weight excluding hydrogens is 356 g/mol. The molecular formula is C22H20N2O4. The van der Waals surface area contributed by atoms with Crippen molar-refractivity contribution in [1.82, 2.24) is 9.97 Å². The van der Waals surface area contributed by atoms with E-state index in [1.54, 1.807) is 19.4 Å². The van der Waals surface area contributed by atoms with Gasteiger partial charge in [0.25, 0.3) is 0 Å². The number of para-hydroxylation sites is 1. The summed E-state index contributed by atoms with van der Waals surface area (Å²) in [5.74, 6) is 0.830. The second-order valence-corrected chi connectivity index (χ2v) is 6.45. The van der Waals surface area contributed by atoms with E-state index in [-0.39, 0.29) is 5.52 Å². The zero-order valence-electron chi connectivity index (χ0n) is 15.6. The first-order chi connectivity index (χ1) is 13.7. The van der Waals surface area contributed by atoms with Crippen LogP contribution in [0.15, 0.2) is 63.9 Å². The summed E-state index contributed by atoms with van der Waals surface area (Å²) >= 11 is 0. The predicted molar refractivity (Wildman–Crippen MR) is 107 cm³/mol. The van der Waals surface area contributed by atoms with E-state index in [9.17, 15) is 4.79 Å². The number of rotatable bonds is 7. The van der Waals surface area contributed by atoms with Gasteiger partial charge in [0.1, 0.15) is 16.8 Å². The van der Waals surface area contributed by atoms with Crippen molar-refractivity contribution in [3.8, 4) is 5.75 Å². The van der Waals surface area contributed by atoms with Crippen molar-refractivity contribution in [3.63, 3.8) is 0 Å². The molecule has 2 aromatic carbocycles. The monoisotopic (exact) mass is 376 g/mol. The molecule has 4 rings (SSSR count). The van der Waals surface area contributed by atoms with Gasteiger partial charge < -0.3 is 13.9 Å². The van der Waals surface area contributed by atoms with Crippen molar-refractivity contribution in [1.29, 1.82) is 0 Å². The molecule has 0 fully saturated rings. The highest BCUT2D eigenvalue weighted by atomic mass is 16.5. The second-order valence-electron chi connectivity index (χ2n) is 6.45. The van der Waals surface area contributed by atoms with Crippen LogP contribution in [0.25, 0.3) is 22.0 Å². The van der Waals surface area contributed by atoms with Gasteiger partial charge in [0.2, 0.25) is 0 Å². The first-order valence-corrected chi connectivity index (χ1v) is 9.13. The van der Waals surface area contributed by atoms with E-state index in [2.05, 4.69) is 9.97 Å². The smallest absolute Gasteiger partial charge is 0.364 e. The van der Waals surface area contributed by atoms with E-state index in [1.165, 1.54) is 0 Å². The molecule has 0 unspecified atom stereocenters. The summed E-state index contributed by atoms with van der Waals surface area (Å²) in [6, 6.07) is 15.1. The van der Waals surface area contributed by atoms with Crippen molar-refractivity contribution in [2.24, 2.45) is 0 Å². The number of benzene rings is 2. The Hall–Kier alpha value is -3.25. The number of fused-ring (bicyclic) bond motifs is 3. The van der Waals surface area contributed by atoms with Crippen LogP contribution in [0.2, 0.25) is 0 Å². The van der Waals surface area contributed by atoms with E-state index in [4.69, 9.17) is 13.9 Å². The Morgan fingerprint density at radius 3 is 2.68 bits per heavy atom. The van der Waals surface area contributed by atoms with Crippen molar-refractivity contribution in [3.05, 3.63) is 76.4 Å². The summed E-state index contributed by atoms with van der Waals surface area (Å²) in [5.41, 5.74) is 2.76. The van der Waals surface area contributed by atoms with Gasteiger partial charge in [-0.05, 0) is 42.7 Å². The summed E-state index contributed by atoms with van der Waals surface area (Å²) < 4.78 is 16.2. The molecule has 142 valence electrons.